The van der Waals surface area contributed by atoms with Crippen LogP contribution in [0.15, 0.2) is 28.8 Å². The monoisotopic (exact) mass is 261 g/mol. The van der Waals surface area contributed by atoms with E-state index in [9.17, 15) is 0 Å². The number of rotatable bonds is 6. The molecule has 5 heteroatoms. The minimum atomic E-state index is -0.107. The molecule has 0 amide bonds. The molecule has 5 nitrogen and oxygen atoms in total. The van der Waals surface area contributed by atoms with E-state index in [0.29, 0.717) is 11.7 Å². The van der Waals surface area contributed by atoms with Crippen LogP contribution in [0.2, 0.25) is 0 Å². The number of anilines is 1. The first kappa shape index (κ1) is 13.5. The summed E-state index contributed by atoms with van der Waals surface area (Å²) in [5, 5.41) is 7.13. The quantitative estimate of drug-likeness (QED) is 0.864. The fourth-order valence-corrected chi connectivity index (χ4v) is 1.98. The largest absolute Gasteiger partial charge is 0.387 e. The molecule has 0 fully saturated rings. The Morgan fingerprint density at radius 3 is 2.84 bits per heavy atom. The molecule has 0 radical (unpaired) electrons. The molecule has 1 aromatic carbocycles. The molecule has 0 aliphatic heterocycles. The Kier molecular flexibility index (Phi) is 4.52. The second-order valence-corrected chi connectivity index (χ2v) is 4.27. The highest BCUT2D eigenvalue weighted by atomic mass is 16.5. The molecule has 0 spiro atoms. The fraction of sp³-hybridized carbons (Fsp3) is 0.429. The van der Waals surface area contributed by atoms with Gasteiger partial charge >= 0.3 is 0 Å². The zero-order valence-electron chi connectivity index (χ0n) is 11.5. The van der Waals surface area contributed by atoms with Gasteiger partial charge in [-0.3, -0.25) is 0 Å². The maximum atomic E-state index is 5.38. The van der Waals surface area contributed by atoms with Crippen molar-refractivity contribution < 1.29 is 9.26 Å². The first-order chi connectivity index (χ1) is 9.30. The number of para-hydroxylation sites is 1. The second-order valence-electron chi connectivity index (χ2n) is 4.27. The number of ether oxygens (including phenoxy) is 1. The van der Waals surface area contributed by atoms with Gasteiger partial charge in [0.1, 0.15) is 6.10 Å². The van der Waals surface area contributed by atoms with E-state index in [-0.39, 0.29) is 6.10 Å². The van der Waals surface area contributed by atoms with Gasteiger partial charge in [0, 0.05) is 19.8 Å². The number of benzene rings is 1. The topological polar surface area (TPSA) is 60.2 Å². The summed E-state index contributed by atoms with van der Waals surface area (Å²) in [5.41, 5.74) is 1.86. The minimum absolute atomic E-state index is 0.107. The van der Waals surface area contributed by atoms with Crippen LogP contribution in [0.3, 0.4) is 0 Å². The highest BCUT2D eigenvalue weighted by molar-refractivity contribution is 5.72. The lowest BCUT2D eigenvalue weighted by molar-refractivity contribution is 0.0854. The van der Waals surface area contributed by atoms with E-state index in [0.717, 1.165) is 24.1 Å². The molecule has 0 bridgehead atoms. The molecule has 1 aromatic heterocycles. The molecular formula is C14H19N3O2. The van der Waals surface area contributed by atoms with Crippen LogP contribution in [-0.2, 0) is 4.74 Å². The van der Waals surface area contributed by atoms with Crippen LogP contribution in [0.5, 0.6) is 0 Å². The van der Waals surface area contributed by atoms with Crippen molar-refractivity contribution in [1.82, 2.24) is 10.1 Å². The number of hydrogen-bond acceptors (Lipinski definition) is 5. The van der Waals surface area contributed by atoms with E-state index in [1.54, 1.807) is 7.11 Å². The summed E-state index contributed by atoms with van der Waals surface area (Å²) in [5.74, 6) is 1.11. The van der Waals surface area contributed by atoms with Gasteiger partial charge in [0.15, 0.2) is 0 Å². The smallest absolute Gasteiger partial charge is 0.260 e. The van der Waals surface area contributed by atoms with Crippen LogP contribution < -0.4 is 5.32 Å². The molecule has 2 rings (SSSR count). The van der Waals surface area contributed by atoms with Gasteiger partial charge in [-0.15, -0.1) is 0 Å². The average Bonchev–Trinajstić information content (AvgIpc) is 2.94. The van der Waals surface area contributed by atoms with Crippen LogP contribution in [0.25, 0.3) is 11.5 Å². The Morgan fingerprint density at radius 2 is 2.16 bits per heavy atom. The van der Waals surface area contributed by atoms with Gasteiger partial charge in [0.25, 0.3) is 5.89 Å². The highest BCUT2D eigenvalue weighted by Gasteiger charge is 2.18. The summed E-state index contributed by atoms with van der Waals surface area (Å²) in [6, 6.07) is 7.82. The first-order valence-electron chi connectivity index (χ1n) is 6.43. The van der Waals surface area contributed by atoms with E-state index in [4.69, 9.17) is 9.26 Å². The maximum Gasteiger partial charge on any atom is 0.260 e. The van der Waals surface area contributed by atoms with Gasteiger partial charge < -0.3 is 14.6 Å². The average molecular weight is 261 g/mol. The third-order valence-electron chi connectivity index (χ3n) is 2.99. The Balaban J connectivity index is 2.30. The summed E-state index contributed by atoms with van der Waals surface area (Å²) in [7, 11) is 3.53. The predicted molar refractivity (Wildman–Crippen MR) is 73.9 cm³/mol. The standard InChI is InChI=1S/C14H19N3O2/c1-4-7-12(18-3)13-16-14(19-17-13)10-8-5-6-9-11(10)15-2/h5-6,8-9,12,15H,4,7H2,1-3H3. The van der Waals surface area contributed by atoms with Crippen molar-refractivity contribution in [2.45, 2.75) is 25.9 Å². The molecule has 0 saturated carbocycles. The fourth-order valence-electron chi connectivity index (χ4n) is 1.98. The number of methoxy groups -OCH3 is 1. The van der Waals surface area contributed by atoms with Crippen LogP contribution >= 0.6 is 0 Å². The van der Waals surface area contributed by atoms with Crippen molar-refractivity contribution in [2.75, 3.05) is 19.5 Å². The van der Waals surface area contributed by atoms with E-state index in [2.05, 4.69) is 22.4 Å². The SMILES string of the molecule is CCCC(OC)c1noc(-c2ccccc2NC)n1. The van der Waals surface area contributed by atoms with E-state index in [1.807, 2.05) is 31.3 Å². The molecule has 0 aliphatic rings. The molecule has 102 valence electrons. The molecule has 1 atom stereocenters. The highest BCUT2D eigenvalue weighted by Crippen LogP contribution is 2.28. The Hall–Kier alpha value is -1.88. The van der Waals surface area contributed by atoms with E-state index >= 15 is 0 Å². The van der Waals surface area contributed by atoms with E-state index in [1.165, 1.54) is 0 Å². The van der Waals surface area contributed by atoms with Gasteiger partial charge in [-0.1, -0.05) is 30.6 Å². The number of aromatic nitrogens is 2. The minimum Gasteiger partial charge on any atom is -0.387 e. The Bertz CT molecular complexity index is 525. The van der Waals surface area contributed by atoms with Crippen LogP contribution in [0.4, 0.5) is 5.69 Å². The van der Waals surface area contributed by atoms with Gasteiger partial charge in [-0.05, 0) is 18.6 Å². The summed E-state index contributed by atoms with van der Waals surface area (Å²) >= 11 is 0. The lowest BCUT2D eigenvalue weighted by Gasteiger charge is -2.08. The zero-order chi connectivity index (χ0) is 13.7. The Labute approximate surface area is 113 Å². The Morgan fingerprint density at radius 1 is 1.37 bits per heavy atom. The third-order valence-corrected chi connectivity index (χ3v) is 2.99. The van der Waals surface area contributed by atoms with Crippen LogP contribution in [0, 0.1) is 0 Å². The molecule has 1 N–H and O–H groups in total. The molecule has 1 heterocycles. The molecule has 0 saturated heterocycles. The molecule has 1 unspecified atom stereocenters. The summed E-state index contributed by atoms with van der Waals surface area (Å²) in [4.78, 5) is 4.44. The number of hydrogen-bond donors (Lipinski definition) is 1. The molecular weight excluding hydrogens is 242 g/mol. The summed E-state index contributed by atoms with van der Waals surface area (Å²) < 4.78 is 10.7. The van der Waals surface area contributed by atoms with Gasteiger partial charge in [-0.25, -0.2) is 0 Å². The number of nitrogens with zero attached hydrogens (tertiary/aromatic N) is 2. The normalized spacial score (nSPS) is 12.4. The molecule has 19 heavy (non-hydrogen) atoms. The van der Waals surface area contributed by atoms with Crippen molar-refractivity contribution in [3.05, 3.63) is 30.1 Å². The maximum absolute atomic E-state index is 5.38. The van der Waals surface area contributed by atoms with Gasteiger partial charge in [0.2, 0.25) is 5.82 Å². The third kappa shape index (κ3) is 2.93. The van der Waals surface area contributed by atoms with Crippen LogP contribution in [0.1, 0.15) is 31.7 Å². The zero-order valence-corrected chi connectivity index (χ0v) is 11.5. The van der Waals surface area contributed by atoms with Crippen LogP contribution in [-0.4, -0.2) is 24.3 Å². The second kappa shape index (κ2) is 6.33. The number of nitrogens with one attached hydrogen (secondary N) is 1. The lowest BCUT2D eigenvalue weighted by Crippen LogP contribution is -2.03. The van der Waals surface area contributed by atoms with Crippen molar-refractivity contribution >= 4 is 5.69 Å². The van der Waals surface area contributed by atoms with Gasteiger partial charge in [-0.2, -0.15) is 4.98 Å². The summed E-state index contributed by atoms with van der Waals surface area (Å²) in [6.45, 7) is 2.10. The first-order valence-corrected chi connectivity index (χ1v) is 6.43. The van der Waals surface area contributed by atoms with Crippen molar-refractivity contribution in [3.8, 4) is 11.5 Å². The summed E-state index contributed by atoms with van der Waals surface area (Å²) in [6.07, 6.45) is 1.78. The van der Waals surface area contributed by atoms with Crippen molar-refractivity contribution in [3.63, 3.8) is 0 Å². The van der Waals surface area contributed by atoms with E-state index < -0.39 is 0 Å². The van der Waals surface area contributed by atoms with Crippen molar-refractivity contribution in [1.29, 1.82) is 0 Å². The molecule has 2 aromatic rings. The molecule has 0 aliphatic carbocycles. The van der Waals surface area contributed by atoms with Gasteiger partial charge in [0.05, 0.1) is 5.56 Å². The predicted octanol–water partition coefficient (Wildman–Crippen LogP) is 3.27. The lowest BCUT2D eigenvalue weighted by atomic mass is 10.1. The van der Waals surface area contributed by atoms with Crippen molar-refractivity contribution in [2.24, 2.45) is 0 Å².